The Kier molecular flexibility index (Phi) is 3.83. The van der Waals surface area contributed by atoms with E-state index >= 15 is 0 Å². The smallest absolute Gasteiger partial charge is 0.275 e. The van der Waals surface area contributed by atoms with Gasteiger partial charge in [0.1, 0.15) is 5.69 Å². The Bertz CT molecular complexity index is 746. The number of para-hydroxylation sites is 1. The molecule has 1 amide bonds. The third kappa shape index (κ3) is 2.87. The second-order valence-corrected chi connectivity index (χ2v) is 5.41. The molecule has 0 bridgehead atoms. The average molecular weight is 297 g/mol. The van der Waals surface area contributed by atoms with E-state index in [1.165, 1.54) is 11.3 Å². The molecule has 0 unspecified atom stereocenters. The maximum atomic E-state index is 12.3. The van der Waals surface area contributed by atoms with Gasteiger partial charge in [-0.3, -0.25) is 4.79 Å². The van der Waals surface area contributed by atoms with E-state index in [-0.39, 0.29) is 5.91 Å². The second kappa shape index (κ2) is 5.93. The number of hydrogen-bond donors (Lipinski definition) is 1. The van der Waals surface area contributed by atoms with Gasteiger partial charge in [-0.2, -0.15) is 0 Å². The summed E-state index contributed by atoms with van der Waals surface area (Å²) < 4.78 is 1.89. The van der Waals surface area contributed by atoms with E-state index in [1.807, 2.05) is 53.4 Å². The third-order valence-electron chi connectivity index (χ3n) is 3.20. The van der Waals surface area contributed by atoms with Crippen molar-refractivity contribution in [2.24, 2.45) is 0 Å². The van der Waals surface area contributed by atoms with Crippen LogP contribution in [-0.4, -0.2) is 15.5 Å². The van der Waals surface area contributed by atoms with Crippen molar-refractivity contribution in [3.05, 3.63) is 65.4 Å². The predicted octanol–water partition coefficient (Wildman–Crippen LogP) is 3.75. The maximum Gasteiger partial charge on any atom is 0.275 e. The summed E-state index contributed by atoms with van der Waals surface area (Å²) in [5.74, 6) is -0.175. The van der Waals surface area contributed by atoms with Gasteiger partial charge >= 0.3 is 0 Å². The van der Waals surface area contributed by atoms with E-state index < -0.39 is 0 Å². The molecule has 0 aliphatic carbocycles. The molecule has 0 aliphatic heterocycles. The van der Waals surface area contributed by atoms with Crippen LogP contribution in [0.3, 0.4) is 0 Å². The summed E-state index contributed by atoms with van der Waals surface area (Å²) in [6.45, 7) is 2.07. The summed E-state index contributed by atoms with van der Waals surface area (Å²) >= 11 is 1.45. The number of aryl methyl sites for hydroxylation is 1. The fourth-order valence-corrected chi connectivity index (χ4v) is 2.86. The molecule has 0 radical (unpaired) electrons. The van der Waals surface area contributed by atoms with Crippen molar-refractivity contribution in [1.29, 1.82) is 0 Å². The molecule has 2 aromatic heterocycles. The molecule has 0 saturated heterocycles. The number of hydrogen-bond acceptors (Lipinski definition) is 3. The number of carbonyl (C=O) groups is 1. The standard InChI is InChI=1S/C16H15N3OS/c1-2-12-7-3-4-8-13(12)17-15(20)14-11-21-16(18-14)19-9-5-6-10-19/h3-11H,2H2,1H3,(H,17,20). The molecule has 0 fully saturated rings. The van der Waals surface area contributed by atoms with E-state index in [9.17, 15) is 4.79 Å². The lowest BCUT2D eigenvalue weighted by molar-refractivity contribution is 0.102. The Morgan fingerprint density at radius 2 is 2.00 bits per heavy atom. The molecular weight excluding hydrogens is 282 g/mol. The van der Waals surface area contributed by atoms with Crippen molar-refractivity contribution >= 4 is 22.9 Å². The molecule has 5 heteroatoms. The van der Waals surface area contributed by atoms with Gasteiger partial charge in [0, 0.05) is 23.5 Å². The van der Waals surface area contributed by atoms with E-state index in [0.29, 0.717) is 5.69 Å². The number of thiazole rings is 1. The van der Waals surface area contributed by atoms with Gasteiger partial charge in [-0.05, 0) is 30.2 Å². The van der Waals surface area contributed by atoms with Crippen LogP contribution in [0, 0.1) is 0 Å². The first-order chi connectivity index (χ1) is 10.3. The Labute approximate surface area is 127 Å². The van der Waals surface area contributed by atoms with Crippen LogP contribution in [0.15, 0.2) is 54.2 Å². The quantitative estimate of drug-likeness (QED) is 0.797. The lowest BCUT2D eigenvalue weighted by atomic mass is 10.1. The summed E-state index contributed by atoms with van der Waals surface area (Å²) in [5.41, 5.74) is 2.40. The zero-order valence-electron chi connectivity index (χ0n) is 11.6. The van der Waals surface area contributed by atoms with Crippen molar-refractivity contribution in [3.8, 4) is 5.13 Å². The van der Waals surface area contributed by atoms with Crippen LogP contribution in [0.2, 0.25) is 0 Å². The number of benzene rings is 1. The molecule has 4 nitrogen and oxygen atoms in total. The van der Waals surface area contributed by atoms with Crippen LogP contribution >= 0.6 is 11.3 Å². The molecule has 0 spiro atoms. The first-order valence-corrected chi connectivity index (χ1v) is 7.64. The topological polar surface area (TPSA) is 46.9 Å². The van der Waals surface area contributed by atoms with Crippen molar-refractivity contribution in [3.63, 3.8) is 0 Å². The molecule has 0 saturated carbocycles. The highest BCUT2D eigenvalue weighted by Crippen LogP contribution is 2.19. The molecule has 3 rings (SSSR count). The summed E-state index contributed by atoms with van der Waals surface area (Å²) in [6.07, 6.45) is 4.70. The zero-order valence-corrected chi connectivity index (χ0v) is 12.4. The molecule has 1 N–H and O–H groups in total. The van der Waals surface area contributed by atoms with Gasteiger partial charge in [-0.15, -0.1) is 11.3 Å². The summed E-state index contributed by atoms with van der Waals surface area (Å²) in [4.78, 5) is 16.7. The predicted molar refractivity (Wildman–Crippen MR) is 85.2 cm³/mol. The van der Waals surface area contributed by atoms with Gasteiger partial charge in [0.15, 0.2) is 5.13 Å². The molecular formula is C16H15N3OS. The SMILES string of the molecule is CCc1ccccc1NC(=O)c1csc(-n2cccc2)n1. The summed E-state index contributed by atoms with van der Waals surface area (Å²) in [7, 11) is 0. The number of aromatic nitrogens is 2. The molecule has 2 heterocycles. The highest BCUT2D eigenvalue weighted by atomic mass is 32.1. The van der Waals surface area contributed by atoms with Gasteiger partial charge in [-0.25, -0.2) is 4.98 Å². The Hall–Kier alpha value is -2.40. The van der Waals surface area contributed by atoms with E-state index in [0.717, 1.165) is 22.8 Å². The number of anilines is 1. The van der Waals surface area contributed by atoms with Crippen molar-refractivity contribution in [2.45, 2.75) is 13.3 Å². The van der Waals surface area contributed by atoms with Gasteiger partial charge in [0.25, 0.3) is 5.91 Å². The van der Waals surface area contributed by atoms with Crippen LogP contribution < -0.4 is 5.32 Å². The van der Waals surface area contributed by atoms with Crippen LogP contribution in [0.1, 0.15) is 23.0 Å². The van der Waals surface area contributed by atoms with Crippen LogP contribution in [0.25, 0.3) is 5.13 Å². The van der Waals surface area contributed by atoms with Crippen LogP contribution in [-0.2, 0) is 6.42 Å². The van der Waals surface area contributed by atoms with Gasteiger partial charge < -0.3 is 9.88 Å². The Balaban J connectivity index is 1.80. The van der Waals surface area contributed by atoms with Gasteiger partial charge in [-0.1, -0.05) is 25.1 Å². The number of carbonyl (C=O) groups excluding carboxylic acids is 1. The van der Waals surface area contributed by atoms with Crippen LogP contribution in [0.4, 0.5) is 5.69 Å². The van der Waals surface area contributed by atoms with Crippen molar-refractivity contribution in [2.75, 3.05) is 5.32 Å². The van der Waals surface area contributed by atoms with Gasteiger partial charge in [0.2, 0.25) is 0 Å². The summed E-state index contributed by atoms with van der Waals surface area (Å²) in [6, 6.07) is 11.7. The number of nitrogens with one attached hydrogen (secondary N) is 1. The normalized spacial score (nSPS) is 10.5. The molecule has 1 aromatic carbocycles. The first kappa shape index (κ1) is 13.6. The zero-order chi connectivity index (χ0) is 14.7. The minimum absolute atomic E-state index is 0.175. The molecule has 0 aliphatic rings. The minimum Gasteiger partial charge on any atom is -0.320 e. The summed E-state index contributed by atoms with van der Waals surface area (Å²) in [5, 5.41) is 5.50. The Morgan fingerprint density at radius 1 is 1.24 bits per heavy atom. The van der Waals surface area contributed by atoms with E-state index in [4.69, 9.17) is 0 Å². The lowest BCUT2D eigenvalue weighted by Gasteiger charge is -2.08. The second-order valence-electron chi connectivity index (χ2n) is 4.57. The lowest BCUT2D eigenvalue weighted by Crippen LogP contribution is -2.13. The minimum atomic E-state index is -0.175. The van der Waals surface area contributed by atoms with E-state index in [2.05, 4.69) is 17.2 Å². The molecule has 106 valence electrons. The van der Waals surface area contributed by atoms with Crippen molar-refractivity contribution < 1.29 is 4.79 Å². The average Bonchev–Trinajstić information content (AvgIpc) is 3.18. The van der Waals surface area contributed by atoms with Gasteiger partial charge in [0.05, 0.1) is 0 Å². The fraction of sp³-hybridized carbons (Fsp3) is 0.125. The third-order valence-corrected chi connectivity index (χ3v) is 4.05. The van der Waals surface area contributed by atoms with Crippen molar-refractivity contribution in [1.82, 2.24) is 9.55 Å². The first-order valence-electron chi connectivity index (χ1n) is 6.76. The van der Waals surface area contributed by atoms with Crippen LogP contribution in [0.5, 0.6) is 0 Å². The fourth-order valence-electron chi connectivity index (χ4n) is 2.09. The van der Waals surface area contributed by atoms with E-state index in [1.54, 1.807) is 5.38 Å². The number of rotatable bonds is 4. The Morgan fingerprint density at radius 3 is 2.76 bits per heavy atom. The number of nitrogens with zero attached hydrogens (tertiary/aromatic N) is 2. The monoisotopic (exact) mass is 297 g/mol. The molecule has 21 heavy (non-hydrogen) atoms. The highest BCUT2D eigenvalue weighted by Gasteiger charge is 2.12. The maximum absolute atomic E-state index is 12.3. The molecule has 0 atom stereocenters. The molecule has 3 aromatic rings. The highest BCUT2D eigenvalue weighted by molar-refractivity contribution is 7.12. The largest absolute Gasteiger partial charge is 0.320 e. The number of amides is 1.